The molecule has 0 radical (unpaired) electrons. The van der Waals surface area contributed by atoms with E-state index >= 15 is 0 Å². The summed E-state index contributed by atoms with van der Waals surface area (Å²) >= 11 is 0. The van der Waals surface area contributed by atoms with Gasteiger partial charge in [-0.1, -0.05) is 32.9 Å². The highest BCUT2D eigenvalue weighted by Crippen LogP contribution is 2.19. The Hall–Kier alpha value is -1.77. The van der Waals surface area contributed by atoms with Gasteiger partial charge in [-0.3, -0.25) is 14.5 Å². The summed E-state index contributed by atoms with van der Waals surface area (Å²) < 4.78 is 26.5. The third-order valence-electron chi connectivity index (χ3n) is 5.23. The van der Waals surface area contributed by atoms with Crippen LogP contribution in [0.1, 0.15) is 44.5 Å². The zero-order valence-corrected chi connectivity index (χ0v) is 19.0. The zero-order chi connectivity index (χ0) is 21.8. The van der Waals surface area contributed by atoms with Crippen molar-refractivity contribution in [3.8, 4) is 0 Å². The van der Waals surface area contributed by atoms with Crippen LogP contribution in [0.15, 0.2) is 29.2 Å². The van der Waals surface area contributed by atoms with E-state index in [2.05, 4.69) is 25.7 Å². The number of Topliss-reactive ketones (excluding diaryl/α,β-unsaturated/α-hetero) is 1. The van der Waals surface area contributed by atoms with Crippen LogP contribution in [0, 0.1) is 5.41 Å². The zero-order valence-electron chi connectivity index (χ0n) is 18.1. The van der Waals surface area contributed by atoms with Crippen molar-refractivity contribution in [3.05, 3.63) is 29.8 Å². The van der Waals surface area contributed by atoms with Crippen LogP contribution < -0.4 is 0 Å². The number of hydrogen-bond acceptors (Lipinski definition) is 5. The van der Waals surface area contributed by atoms with Gasteiger partial charge in [0.2, 0.25) is 15.9 Å². The summed E-state index contributed by atoms with van der Waals surface area (Å²) in [7, 11) is -2.38. The number of hydrogen-bond donors (Lipinski definition) is 0. The van der Waals surface area contributed by atoms with E-state index in [0.29, 0.717) is 18.7 Å². The van der Waals surface area contributed by atoms with Gasteiger partial charge in [-0.15, -0.1) is 0 Å². The van der Waals surface area contributed by atoms with Crippen molar-refractivity contribution < 1.29 is 18.0 Å². The molecule has 162 valence electrons. The number of amides is 1. The van der Waals surface area contributed by atoms with Crippen LogP contribution in [-0.2, 0) is 14.8 Å². The number of piperazine rings is 1. The predicted molar refractivity (Wildman–Crippen MR) is 113 cm³/mol. The number of likely N-dealkylation sites (N-methyl/N-ethyl adjacent to an activating group) is 1. The Morgan fingerprint density at radius 1 is 1.03 bits per heavy atom. The molecule has 2 rings (SSSR count). The van der Waals surface area contributed by atoms with Crippen LogP contribution in [0.4, 0.5) is 0 Å². The van der Waals surface area contributed by atoms with Crippen molar-refractivity contribution in [2.75, 3.05) is 46.3 Å². The molecular formula is C21H33N3O4S. The summed E-state index contributed by atoms with van der Waals surface area (Å²) in [4.78, 5) is 28.1. The van der Waals surface area contributed by atoms with E-state index in [1.165, 1.54) is 38.2 Å². The van der Waals surface area contributed by atoms with E-state index < -0.39 is 10.0 Å². The maximum absolute atomic E-state index is 12.7. The van der Waals surface area contributed by atoms with Crippen molar-refractivity contribution in [1.82, 2.24) is 14.1 Å². The molecule has 1 saturated heterocycles. The summed E-state index contributed by atoms with van der Waals surface area (Å²) in [6.07, 6.45) is 1.10. The Morgan fingerprint density at radius 2 is 1.59 bits per heavy atom. The predicted octanol–water partition coefficient (Wildman–Crippen LogP) is 2.09. The normalized spacial score (nSPS) is 16.3. The number of benzene rings is 1. The fraction of sp³-hybridized carbons (Fsp3) is 0.619. The number of carbonyl (C=O) groups is 2. The molecule has 1 aliphatic heterocycles. The third kappa shape index (κ3) is 6.62. The highest BCUT2D eigenvalue weighted by Gasteiger charge is 2.27. The average molecular weight is 424 g/mol. The lowest BCUT2D eigenvalue weighted by Crippen LogP contribution is -2.51. The molecule has 8 heteroatoms. The number of carbonyl (C=O) groups excluding carboxylic acids is 2. The topological polar surface area (TPSA) is 78.0 Å². The largest absolute Gasteiger partial charge is 0.339 e. The molecule has 1 fully saturated rings. The maximum Gasteiger partial charge on any atom is 0.243 e. The first-order valence-electron chi connectivity index (χ1n) is 9.97. The quantitative estimate of drug-likeness (QED) is 0.628. The Balaban J connectivity index is 1.90. The minimum atomic E-state index is -3.79. The van der Waals surface area contributed by atoms with E-state index in [0.717, 1.165) is 30.4 Å². The van der Waals surface area contributed by atoms with Crippen LogP contribution in [0.3, 0.4) is 0 Å². The molecule has 0 bridgehead atoms. The van der Waals surface area contributed by atoms with Crippen LogP contribution in [0.5, 0.6) is 0 Å². The van der Waals surface area contributed by atoms with E-state index in [1.807, 2.05) is 0 Å². The number of nitrogens with zero attached hydrogens (tertiary/aromatic N) is 3. The van der Waals surface area contributed by atoms with Crippen LogP contribution >= 0.6 is 0 Å². The number of ketones is 1. The van der Waals surface area contributed by atoms with Crippen molar-refractivity contribution >= 4 is 21.7 Å². The van der Waals surface area contributed by atoms with Gasteiger partial charge in [-0.2, -0.15) is 4.31 Å². The second-order valence-corrected chi connectivity index (χ2v) is 10.9. The molecule has 7 nitrogen and oxygen atoms in total. The molecular weight excluding hydrogens is 390 g/mol. The van der Waals surface area contributed by atoms with Gasteiger partial charge in [0.1, 0.15) is 0 Å². The Bertz CT molecular complexity index is 820. The van der Waals surface area contributed by atoms with Gasteiger partial charge < -0.3 is 4.90 Å². The van der Waals surface area contributed by atoms with Crippen LogP contribution in [0.25, 0.3) is 0 Å². The standard InChI is InChI=1S/C21H33N3O4S/c1-17(25)18-6-8-19(9-7-18)29(27,28)22(5)16-20(26)24-14-12-23(13-15-24)11-10-21(2,3)4/h6-9H,10-16H2,1-5H3. The second-order valence-electron chi connectivity index (χ2n) is 8.87. The van der Waals surface area contributed by atoms with Crippen LogP contribution in [-0.4, -0.2) is 80.5 Å². The van der Waals surface area contributed by atoms with Gasteiger partial charge in [-0.25, -0.2) is 8.42 Å². The van der Waals surface area contributed by atoms with Crippen molar-refractivity contribution in [1.29, 1.82) is 0 Å². The fourth-order valence-electron chi connectivity index (χ4n) is 3.13. The number of sulfonamides is 1. The van der Waals surface area contributed by atoms with Gasteiger partial charge in [0.15, 0.2) is 5.78 Å². The van der Waals surface area contributed by atoms with Gasteiger partial charge in [0, 0.05) is 38.8 Å². The second kappa shape index (κ2) is 9.36. The smallest absolute Gasteiger partial charge is 0.243 e. The molecule has 0 saturated carbocycles. The molecule has 1 heterocycles. The van der Waals surface area contributed by atoms with Crippen molar-refractivity contribution in [2.24, 2.45) is 5.41 Å². The fourth-order valence-corrected chi connectivity index (χ4v) is 4.25. The van der Waals surface area contributed by atoms with E-state index in [-0.39, 0.29) is 28.5 Å². The molecule has 0 unspecified atom stereocenters. The molecule has 29 heavy (non-hydrogen) atoms. The minimum absolute atomic E-state index is 0.0739. The highest BCUT2D eigenvalue weighted by atomic mass is 32.2. The first-order chi connectivity index (χ1) is 13.4. The summed E-state index contributed by atoms with van der Waals surface area (Å²) in [6.45, 7) is 11.8. The van der Waals surface area contributed by atoms with E-state index in [9.17, 15) is 18.0 Å². The van der Waals surface area contributed by atoms with Crippen molar-refractivity contribution in [2.45, 2.75) is 39.0 Å². The summed E-state index contributed by atoms with van der Waals surface area (Å²) in [5.41, 5.74) is 0.735. The maximum atomic E-state index is 12.7. The summed E-state index contributed by atoms with van der Waals surface area (Å²) in [5.74, 6) is -0.314. The van der Waals surface area contributed by atoms with E-state index in [1.54, 1.807) is 4.90 Å². The van der Waals surface area contributed by atoms with Gasteiger partial charge in [-0.05, 0) is 37.4 Å². The molecule has 0 atom stereocenters. The molecule has 0 spiro atoms. The molecule has 1 aromatic rings. The summed E-state index contributed by atoms with van der Waals surface area (Å²) in [5, 5.41) is 0. The minimum Gasteiger partial charge on any atom is -0.339 e. The molecule has 0 aromatic heterocycles. The summed E-state index contributed by atoms with van der Waals surface area (Å²) in [6, 6.07) is 5.78. The van der Waals surface area contributed by atoms with Gasteiger partial charge >= 0.3 is 0 Å². The Morgan fingerprint density at radius 3 is 2.07 bits per heavy atom. The monoisotopic (exact) mass is 423 g/mol. The lowest BCUT2D eigenvalue weighted by atomic mass is 9.92. The lowest BCUT2D eigenvalue weighted by Gasteiger charge is -2.36. The Kier molecular flexibility index (Phi) is 7.59. The molecule has 1 aromatic carbocycles. The first-order valence-corrected chi connectivity index (χ1v) is 11.4. The Labute approximate surface area is 174 Å². The number of rotatable bonds is 7. The molecule has 0 aliphatic carbocycles. The molecule has 0 N–H and O–H groups in total. The van der Waals surface area contributed by atoms with Gasteiger partial charge in [0.25, 0.3) is 0 Å². The van der Waals surface area contributed by atoms with Crippen molar-refractivity contribution in [3.63, 3.8) is 0 Å². The average Bonchev–Trinajstić information content (AvgIpc) is 2.66. The van der Waals surface area contributed by atoms with Gasteiger partial charge in [0.05, 0.1) is 11.4 Å². The SMILES string of the molecule is CC(=O)c1ccc(S(=O)(=O)N(C)CC(=O)N2CCN(CCC(C)(C)C)CC2)cc1. The molecule has 1 amide bonds. The van der Waals surface area contributed by atoms with E-state index in [4.69, 9.17) is 0 Å². The van der Waals surface area contributed by atoms with Crippen LogP contribution in [0.2, 0.25) is 0 Å². The lowest BCUT2D eigenvalue weighted by molar-refractivity contribution is -0.133. The first kappa shape index (κ1) is 23.5. The highest BCUT2D eigenvalue weighted by molar-refractivity contribution is 7.89. The third-order valence-corrected chi connectivity index (χ3v) is 7.05. The molecule has 1 aliphatic rings.